The Labute approximate surface area is 136 Å². The highest BCUT2D eigenvalue weighted by Gasteiger charge is 2.14. The van der Waals surface area contributed by atoms with Gasteiger partial charge in [0.2, 0.25) is 0 Å². The van der Waals surface area contributed by atoms with Crippen molar-refractivity contribution in [3.63, 3.8) is 0 Å². The van der Waals surface area contributed by atoms with Crippen molar-refractivity contribution in [3.8, 4) is 0 Å². The van der Waals surface area contributed by atoms with Crippen molar-refractivity contribution in [1.29, 1.82) is 0 Å². The van der Waals surface area contributed by atoms with Crippen LogP contribution >= 0.6 is 11.6 Å². The van der Waals surface area contributed by atoms with Crippen molar-refractivity contribution >= 4 is 29.6 Å². The second-order valence-corrected chi connectivity index (χ2v) is 5.33. The molecule has 0 saturated carbocycles. The minimum absolute atomic E-state index is 0.0110. The summed E-state index contributed by atoms with van der Waals surface area (Å²) in [7, 11) is 0. The Hall–Kier alpha value is -1.81. The quantitative estimate of drug-likeness (QED) is 0.341. The van der Waals surface area contributed by atoms with Gasteiger partial charge in [0.25, 0.3) is 5.91 Å². The molecule has 0 aliphatic carbocycles. The van der Waals surface area contributed by atoms with Gasteiger partial charge in [-0.05, 0) is 36.6 Å². The Morgan fingerprint density at radius 3 is 2.45 bits per heavy atom. The average molecular weight is 324 g/mol. The molecule has 1 rings (SSSR count). The second kappa shape index (κ2) is 10.0. The molecule has 0 aliphatic rings. The van der Waals surface area contributed by atoms with Crippen molar-refractivity contribution in [3.05, 3.63) is 40.6 Å². The van der Waals surface area contributed by atoms with E-state index in [4.69, 9.17) is 16.3 Å². The molecule has 0 unspecified atom stereocenters. The average Bonchev–Trinajstić information content (AvgIpc) is 2.49. The van der Waals surface area contributed by atoms with Gasteiger partial charge in [0.15, 0.2) is 5.76 Å². The zero-order chi connectivity index (χ0) is 16.4. The van der Waals surface area contributed by atoms with E-state index in [1.165, 1.54) is 0 Å². The van der Waals surface area contributed by atoms with Crippen LogP contribution in [0.2, 0.25) is 5.02 Å². The molecule has 1 N–H and O–H groups in total. The molecule has 0 spiro atoms. The van der Waals surface area contributed by atoms with Crippen LogP contribution in [0.15, 0.2) is 30.0 Å². The minimum atomic E-state index is -0.409. The minimum Gasteiger partial charge on any atom is -0.421 e. The SMILES string of the molecule is CCCCNC(=O)/C(=C/c1ccc(Cl)cc1)OC(=O)CCC. The van der Waals surface area contributed by atoms with Gasteiger partial charge in [0, 0.05) is 18.0 Å². The molecule has 0 atom stereocenters. The Morgan fingerprint density at radius 2 is 1.86 bits per heavy atom. The molecule has 4 nitrogen and oxygen atoms in total. The molecule has 0 aromatic heterocycles. The van der Waals surface area contributed by atoms with Crippen LogP contribution in [0.25, 0.3) is 6.08 Å². The molecule has 5 heteroatoms. The number of unbranched alkanes of at least 4 members (excludes halogenated alkanes) is 1. The topological polar surface area (TPSA) is 55.4 Å². The van der Waals surface area contributed by atoms with E-state index in [1.807, 2.05) is 13.8 Å². The number of rotatable bonds is 8. The van der Waals surface area contributed by atoms with Crippen LogP contribution in [0.1, 0.15) is 45.1 Å². The molecule has 0 fully saturated rings. The summed E-state index contributed by atoms with van der Waals surface area (Å²) in [4.78, 5) is 23.8. The predicted octanol–water partition coefficient (Wildman–Crippen LogP) is 3.94. The number of carbonyl (C=O) groups excluding carboxylic acids is 2. The standard InChI is InChI=1S/C17H22ClNO3/c1-3-5-11-19-17(21)15(22-16(20)6-4-2)12-13-7-9-14(18)10-8-13/h7-10,12H,3-6,11H2,1-2H3,(H,19,21)/b15-12-. The number of benzene rings is 1. The largest absolute Gasteiger partial charge is 0.421 e. The lowest BCUT2D eigenvalue weighted by Gasteiger charge is -2.09. The van der Waals surface area contributed by atoms with Crippen LogP contribution in [0.3, 0.4) is 0 Å². The monoisotopic (exact) mass is 323 g/mol. The van der Waals surface area contributed by atoms with Crippen molar-refractivity contribution in [2.75, 3.05) is 6.54 Å². The fourth-order valence-electron chi connectivity index (χ4n) is 1.70. The summed E-state index contributed by atoms with van der Waals surface area (Å²) in [6.45, 7) is 4.47. The third-order valence-corrected chi connectivity index (χ3v) is 3.14. The summed E-state index contributed by atoms with van der Waals surface area (Å²) in [6, 6.07) is 6.95. The number of nitrogens with one attached hydrogen (secondary N) is 1. The maximum absolute atomic E-state index is 12.1. The normalized spacial score (nSPS) is 11.1. The maximum Gasteiger partial charge on any atom is 0.311 e. The molecule has 0 heterocycles. The molecule has 0 aliphatic heterocycles. The van der Waals surface area contributed by atoms with E-state index >= 15 is 0 Å². The van der Waals surface area contributed by atoms with E-state index in [0.717, 1.165) is 18.4 Å². The summed E-state index contributed by atoms with van der Waals surface area (Å²) >= 11 is 5.84. The summed E-state index contributed by atoms with van der Waals surface area (Å²) in [5, 5.41) is 3.36. The van der Waals surface area contributed by atoms with E-state index in [1.54, 1.807) is 30.3 Å². The lowest BCUT2D eigenvalue weighted by Crippen LogP contribution is -2.28. The van der Waals surface area contributed by atoms with Crippen molar-refractivity contribution < 1.29 is 14.3 Å². The zero-order valence-electron chi connectivity index (χ0n) is 13.0. The summed E-state index contributed by atoms with van der Waals surface area (Å²) in [5.74, 6) is -0.780. The molecule has 0 bridgehead atoms. The van der Waals surface area contributed by atoms with Crippen LogP contribution in [0.4, 0.5) is 0 Å². The second-order valence-electron chi connectivity index (χ2n) is 4.89. The van der Waals surface area contributed by atoms with Crippen LogP contribution in [-0.2, 0) is 14.3 Å². The Kier molecular flexibility index (Phi) is 8.30. The highest BCUT2D eigenvalue weighted by atomic mass is 35.5. The first-order valence-electron chi connectivity index (χ1n) is 7.53. The smallest absolute Gasteiger partial charge is 0.311 e. The Morgan fingerprint density at radius 1 is 1.18 bits per heavy atom. The summed E-state index contributed by atoms with van der Waals surface area (Å²) in [6.07, 6.45) is 4.35. The summed E-state index contributed by atoms with van der Waals surface area (Å²) < 4.78 is 5.19. The van der Waals surface area contributed by atoms with Gasteiger partial charge in [-0.3, -0.25) is 9.59 Å². The first-order valence-corrected chi connectivity index (χ1v) is 7.90. The molecule has 1 amide bonds. The van der Waals surface area contributed by atoms with Crippen molar-refractivity contribution in [1.82, 2.24) is 5.32 Å². The number of esters is 1. The number of amides is 1. The van der Waals surface area contributed by atoms with Gasteiger partial charge in [-0.15, -0.1) is 0 Å². The molecular weight excluding hydrogens is 302 g/mol. The van der Waals surface area contributed by atoms with E-state index in [2.05, 4.69) is 5.32 Å². The number of halogens is 1. The van der Waals surface area contributed by atoms with Crippen LogP contribution in [-0.4, -0.2) is 18.4 Å². The fraction of sp³-hybridized carbons (Fsp3) is 0.412. The lowest BCUT2D eigenvalue weighted by molar-refractivity contribution is -0.142. The van der Waals surface area contributed by atoms with Crippen LogP contribution in [0.5, 0.6) is 0 Å². The van der Waals surface area contributed by atoms with Gasteiger partial charge in [0.05, 0.1) is 0 Å². The van der Waals surface area contributed by atoms with E-state index in [-0.39, 0.29) is 18.1 Å². The number of ether oxygens (including phenoxy) is 1. The van der Waals surface area contributed by atoms with E-state index < -0.39 is 5.97 Å². The predicted molar refractivity (Wildman–Crippen MR) is 88.3 cm³/mol. The van der Waals surface area contributed by atoms with Gasteiger partial charge < -0.3 is 10.1 Å². The number of hydrogen-bond acceptors (Lipinski definition) is 3. The highest BCUT2D eigenvalue weighted by Crippen LogP contribution is 2.14. The van der Waals surface area contributed by atoms with Gasteiger partial charge >= 0.3 is 5.97 Å². The first-order chi connectivity index (χ1) is 10.6. The molecule has 0 saturated heterocycles. The highest BCUT2D eigenvalue weighted by molar-refractivity contribution is 6.30. The molecule has 1 aromatic carbocycles. The third-order valence-electron chi connectivity index (χ3n) is 2.89. The summed E-state index contributed by atoms with van der Waals surface area (Å²) in [5.41, 5.74) is 0.745. The van der Waals surface area contributed by atoms with Crippen molar-refractivity contribution in [2.45, 2.75) is 39.5 Å². The third kappa shape index (κ3) is 6.76. The Bertz CT molecular complexity index is 523. The molecule has 22 heavy (non-hydrogen) atoms. The fourth-order valence-corrected chi connectivity index (χ4v) is 1.82. The van der Waals surface area contributed by atoms with Gasteiger partial charge in [0.1, 0.15) is 0 Å². The number of hydrogen-bond donors (Lipinski definition) is 1. The van der Waals surface area contributed by atoms with Crippen LogP contribution in [0, 0.1) is 0 Å². The molecule has 0 radical (unpaired) electrons. The van der Waals surface area contributed by atoms with E-state index in [9.17, 15) is 9.59 Å². The Balaban J connectivity index is 2.86. The maximum atomic E-state index is 12.1. The number of carbonyl (C=O) groups is 2. The molecular formula is C17H22ClNO3. The van der Waals surface area contributed by atoms with Gasteiger partial charge in [-0.2, -0.15) is 0 Å². The van der Waals surface area contributed by atoms with Gasteiger partial charge in [-0.25, -0.2) is 0 Å². The van der Waals surface area contributed by atoms with Crippen molar-refractivity contribution in [2.24, 2.45) is 0 Å². The molecule has 120 valence electrons. The first kappa shape index (κ1) is 18.2. The van der Waals surface area contributed by atoms with E-state index in [0.29, 0.717) is 18.0 Å². The van der Waals surface area contributed by atoms with Crippen LogP contribution < -0.4 is 5.32 Å². The lowest BCUT2D eigenvalue weighted by atomic mass is 10.2. The zero-order valence-corrected chi connectivity index (χ0v) is 13.8. The van der Waals surface area contributed by atoms with Gasteiger partial charge in [-0.1, -0.05) is 44.0 Å². The molecule has 1 aromatic rings.